The summed E-state index contributed by atoms with van der Waals surface area (Å²) < 4.78 is 34.4. The van der Waals surface area contributed by atoms with Crippen LogP contribution in [-0.2, 0) is 14.6 Å². The van der Waals surface area contributed by atoms with Gasteiger partial charge < -0.3 is 20.4 Å². The summed E-state index contributed by atoms with van der Waals surface area (Å²) in [6, 6.07) is 0. The molecular weight excluding hydrogens is 426 g/mol. The van der Waals surface area contributed by atoms with Gasteiger partial charge >= 0.3 is 10.4 Å². The van der Waals surface area contributed by atoms with E-state index in [0.717, 1.165) is 19.3 Å². The third-order valence-corrected chi connectivity index (χ3v) is 6.21. The zero-order chi connectivity index (χ0) is 23.6. The van der Waals surface area contributed by atoms with Crippen LogP contribution in [-0.4, -0.2) is 89.7 Å². The molecule has 0 bridgehead atoms. The molecule has 2 atom stereocenters. The van der Waals surface area contributed by atoms with Crippen LogP contribution in [0.4, 0.5) is 0 Å². The van der Waals surface area contributed by atoms with Gasteiger partial charge in [0.15, 0.2) is 6.23 Å². The Morgan fingerprint density at radius 3 is 1.81 bits per heavy atom. The molecule has 0 aromatic rings. The van der Waals surface area contributed by atoms with Crippen molar-refractivity contribution < 1.29 is 42.1 Å². The summed E-state index contributed by atoms with van der Waals surface area (Å²) in [5.74, 6) is 0. The zero-order valence-electron chi connectivity index (χ0n) is 19.2. The number of unbranched alkanes of at least 4 members (excludes halogenated alkanes) is 6. The van der Waals surface area contributed by atoms with E-state index >= 15 is 0 Å². The molecule has 0 saturated carbocycles. The fourth-order valence-corrected chi connectivity index (χ4v) is 4.33. The molecule has 0 heterocycles. The minimum absolute atomic E-state index is 0.00803. The predicted molar refractivity (Wildman–Crippen MR) is 120 cm³/mol. The molecule has 0 aliphatic carbocycles. The standard InChI is InChI=1S/C21H45NO8S/c1-2-3-4-5-6-7-8-13-21(26)22(15-10-17-23,16-11-18-24)14-9-12-20(25)19-30-31(27,28)29/h20-21,23-26H,2-19H2,1H3/p+1. The van der Waals surface area contributed by atoms with Gasteiger partial charge in [-0.15, -0.1) is 0 Å². The number of hydrogen-bond acceptors (Lipinski definition) is 7. The second-order valence-corrected chi connectivity index (χ2v) is 9.53. The normalized spacial score (nSPS) is 14.6. The van der Waals surface area contributed by atoms with E-state index in [1.54, 1.807) is 0 Å². The van der Waals surface area contributed by atoms with Gasteiger partial charge in [-0.3, -0.25) is 9.04 Å². The van der Waals surface area contributed by atoms with Crippen LogP contribution in [0.25, 0.3) is 0 Å². The minimum Gasteiger partial charge on any atom is -0.396 e. The molecule has 9 nitrogen and oxygen atoms in total. The minimum atomic E-state index is -4.59. The fourth-order valence-electron chi connectivity index (χ4n) is 4.00. The molecule has 31 heavy (non-hydrogen) atoms. The lowest BCUT2D eigenvalue weighted by Crippen LogP contribution is -2.57. The lowest BCUT2D eigenvalue weighted by Gasteiger charge is -2.43. The molecular formula is C21H46NO8S+. The molecule has 2 unspecified atom stereocenters. The van der Waals surface area contributed by atoms with Crippen LogP contribution in [0.5, 0.6) is 0 Å². The second-order valence-electron chi connectivity index (χ2n) is 8.44. The highest BCUT2D eigenvalue weighted by molar-refractivity contribution is 7.80. The highest BCUT2D eigenvalue weighted by Crippen LogP contribution is 2.22. The predicted octanol–water partition coefficient (Wildman–Crippen LogP) is 1.99. The van der Waals surface area contributed by atoms with Gasteiger partial charge in [-0.25, -0.2) is 4.18 Å². The molecule has 188 valence electrons. The van der Waals surface area contributed by atoms with Crippen molar-refractivity contribution in [3.8, 4) is 0 Å². The lowest BCUT2D eigenvalue weighted by molar-refractivity contribution is -0.972. The molecule has 0 rings (SSSR count). The van der Waals surface area contributed by atoms with Crippen LogP contribution in [0.2, 0.25) is 0 Å². The first-order valence-corrected chi connectivity index (χ1v) is 13.1. The quantitative estimate of drug-likeness (QED) is 0.0696. The van der Waals surface area contributed by atoms with Gasteiger partial charge in [-0.1, -0.05) is 45.4 Å². The Labute approximate surface area is 188 Å². The van der Waals surface area contributed by atoms with Crippen LogP contribution in [0.1, 0.15) is 84.0 Å². The summed E-state index contributed by atoms with van der Waals surface area (Å²) in [4.78, 5) is 0. The molecule has 10 heteroatoms. The summed E-state index contributed by atoms with van der Waals surface area (Å²) in [7, 11) is -4.59. The molecule has 0 aromatic carbocycles. The average Bonchev–Trinajstić information content (AvgIpc) is 2.72. The third-order valence-electron chi connectivity index (χ3n) is 5.77. The number of quaternary nitrogens is 1. The molecule has 5 N–H and O–H groups in total. The van der Waals surface area contributed by atoms with E-state index in [-0.39, 0.29) is 19.6 Å². The van der Waals surface area contributed by atoms with Crippen molar-refractivity contribution in [2.24, 2.45) is 0 Å². The first-order valence-electron chi connectivity index (χ1n) is 11.8. The summed E-state index contributed by atoms with van der Waals surface area (Å²) in [5, 5.41) is 39.6. The number of rotatable bonds is 22. The van der Waals surface area contributed by atoms with E-state index in [4.69, 9.17) is 4.55 Å². The van der Waals surface area contributed by atoms with Crippen molar-refractivity contribution in [2.45, 2.75) is 96.3 Å². The molecule has 0 spiro atoms. The van der Waals surface area contributed by atoms with Crippen molar-refractivity contribution in [3.05, 3.63) is 0 Å². The average molecular weight is 473 g/mol. The van der Waals surface area contributed by atoms with Gasteiger partial charge in [0, 0.05) is 32.5 Å². The van der Waals surface area contributed by atoms with Crippen molar-refractivity contribution in [2.75, 3.05) is 39.5 Å². The summed E-state index contributed by atoms with van der Waals surface area (Å²) in [6.07, 6.45) is 8.80. The van der Waals surface area contributed by atoms with E-state index in [2.05, 4.69) is 11.1 Å². The van der Waals surface area contributed by atoms with E-state index < -0.39 is 29.3 Å². The fraction of sp³-hybridized carbons (Fsp3) is 1.00. The molecule has 0 saturated heterocycles. The Morgan fingerprint density at radius 2 is 1.29 bits per heavy atom. The first-order chi connectivity index (χ1) is 14.7. The number of hydrogen-bond donors (Lipinski definition) is 5. The maximum Gasteiger partial charge on any atom is 0.397 e. The Morgan fingerprint density at radius 1 is 0.774 bits per heavy atom. The number of aliphatic hydroxyl groups excluding tert-OH is 4. The van der Waals surface area contributed by atoms with Crippen molar-refractivity contribution in [1.29, 1.82) is 0 Å². The molecule has 0 fully saturated rings. The van der Waals surface area contributed by atoms with Crippen molar-refractivity contribution >= 4 is 10.4 Å². The molecule has 0 aliphatic rings. The monoisotopic (exact) mass is 472 g/mol. The summed E-state index contributed by atoms with van der Waals surface area (Å²) in [6.45, 7) is 3.33. The van der Waals surface area contributed by atoms with Crippen molar-refractivity contribution in [3.63, 3.8) is 0 Å². The van der Waals surface area contributed by atoms with Crippen LogP contribution in [0.15, 0.2) is 0 Å². The SMILES string of the molecule is CCCCCCCCCC(O)[N+](CCCO)(CCCO)CCCC(O)COS(=O)(=O)O. The van der Waals surface area contributed by atoms with Gasteiger partial charge in [0.25, 0.3) is 0 Å². The topological polar surface area (TPSA) is 145 Å². The Bertz CT molecular complexity index is 510. The highest BCUT2D eigenvalue weighted by Gasteiger charge is 2.34. The Balaban J connectivity index is 4.77. The number of aliphatic hydroxyl groups is 4. The molecule has 0 radical (unpaired) electrons. The van der Waals surface area contributed by atoms with Gasteiger partial charge in [0.05, 0.1) is 32.3 Å². The highest BCUT2D eigenvalue weighted by atomic mass is 32.3. The van der Waals surface area contributed by atoms with Crippen LogP contribution in [0, 0.1) is 0 Å². The number of nitrogens with zero attached hydrogens (tertiary/aromatic N) is 1. The van der Waals surface area contributed by atoms with Crippen LogP contribution in [0.3, 0.4) is 0 Å². The maximum atomic E-state index is 11.0. The lowest BCUT2D eigenvalue weighted by atomic mass is 10.1. The van der Waals surface area contributed by atoms with Gasteiger partial charge in [-0.2, -0.15) is 8.42 Å². The molecule has 0 aromatic heterocycles. The van der Waals surface area contributed by atoms with E-state index in [1.165, 1.54) is 25.7 Å². The van der Waals surface area contributed by atoms with Gasteiger partial charge in [0.2, 0.25) is 0 Å². The zero-order valence-corrected chi connectivity index (χ0v) is 20.0. The molecule has 0 aliphatic heterocycles. The third kappa shape index (κ3) is 16.0. The smallest absolute Gasteiger partial charge is 0.396 e. The van der Waals surface area contributed by atoms with Gasteiger partial charge in [0.1, 0.15) is 0 Å². The second kappa shape index (κ2) is 18.1. The maximum absolute atomic E-state index is 11.0. The van der Waals surface area contributed by atoms with Crippen molar-refractivity contribution in [1.82, 2.24) is 0 Å². The van der Waals surface area contributed by atoms with Crippen LogP contribution >= 0.6 is 0 Å². The first kappa shape index (κ1) is 30.7. The molecule has 0 amide bonds. The van der Waals surface area contributed by atoms with E-state index in [1.807, 2.05) is 0 Å². The van der Waals surface area contributed by atoms with E-state index in [9.17, 15) is 28.8 Å². The summed E-state index contributed by atoms with van der Waals surface area (Å²) >= 11 is 0. The Kier molecular flexibility index (Phi) is 17.9. The largest absolute Gasteiger partial charge is 0.397 e. The summed E-state index contributed by atoms with van der Waals surface area (Å²) in [5.41, 5.74) is 0. The Hall–Kier alpha value is -0.330. The van der Waals surface area contributed by atoms with Gasteiger partial charge in [-0.05, 0) is 19.3 Å². The van der Waals surface area contributed by atoms with E-state index in [0.29, 0.717) is 49.8 Å². The van der Waals surface area contributed by atoms with Crippen LogP contribution < -0.4 is 0 Å².